The number of carbonyl (C=O) groups is 1. The number of anilines is 3. The van der Waals surface area contributed by atoms with Gasteiger partial charge in [0.1, 0.15) is 5.41 Å². The van der Waals surface area contributed by atoms with E-state index in [4.69, 9.17) is 9.72 Å². The molecule has 4 heterocycles. The number of piperidine rings is 1. The highest BCUT2D eigenvalue weighted by molar-refractivity contribution is 6.00. The first kappa shape index (κ1) is 22.1. The van der Waals surface area contributed by atoms with Gasteiger partial charge in [0.05, 0.1) is 54.6 Å². The van der Waals surface area contributed by atoms with Crippen LogP contribution in [0.1, 0.15) is 31.4 Å². The Kier molecular flexibility index (Phi) is 6.21. The van der Waals surface area contributed by atoms with Gasteiger partial charge in [-0.1, -0.05) is 0 Å². The van der Waals surface area contributed by atoms with Gasteiger partial charge in [-0.3, -0.25) is 14.8 Å². The normalized spacial score (nSPS) is 21.9. The van der Waals surface area contributed by atoms with Crippen molar-refractivity contribution in [1.29, 1.82) is 0 Å². The van der Waals surface area contributed by atoms with E-state index in [0.29, 0.717) is 24.9 Å². The third kappa shape index (κ3) is 4.82. The Labute approximate surface area is 195 Å². The van der Waals surface area contributed by atoms with Crippen molar-refractivity contribution in [3.63, 3.8) is 0 Å². The number of pyridine rings is 2. The second-order valence-electron chi connectivity index (χ2n) is 9.89. The predicted molar refractivity (Wildman–Crippen MR) is 130 cm³/mol. The average Bonchev–Trinajstić information content (AvgIpc) is 3.62. The summed E-state index contributed by atoms with van der Waals surface area (Å²) in [6.45, 7) is 3.89. The molecule has 2 aliphatic heterocycles. The monoisotopic (exact) mass is 450 g/mol. The van der Waals surface area contributed by atoms with Crippen molar-refractivity contribution in [2.24, 2.45) is 5.92 Å². The average molecular weight is 451 g/mol. The fourth-order valence-corrected chi connectivity index (χ4v) is 4.58. The Hall–Kier alpha value is -2.71. The van der Waals surface area contributed by atoms with Crippen LogP contribution in [0.15, 0.2) is 36.8 Å². The molecule has 0 unspecified atom stereocenters. The van der Waals surface area contributed by atoms with Gasteiger partial charge in [0, 0.05) is 33.2 Å². The summed E-state index contributed by atoms with van der Waals surface area (Å²) >= 11 is 0. The van der Waals surface area contributed by atoms with Crippen LogP contribution in [0.25, 0.3) is 0 Å². The molecule has 2 aromatic rings. The Morgan fingerprint density at radius 3 is 2.73 bits per heavy atom. The lowest BCUT2D eigenvalue weighted by atomic mass is 9.80. The second kappa shape index (κ2) is 9.27. The van der Waals surface area contributed by atoms with Gasteiger partial charge >= 0.3 is 0 Å². The van der Waals surface area contributed by atoms with Gasteiger partial charge in [-0.25, -0.2) is 0 Å². The maximum atomic E-state index is 13.3. The topological polar surface area (TPSA) is 82.6 Å². The number of hydrogen-bond acceptors (Lipinski definition) is 7. The number of ether oxygens (including phenoxy) is 1. The van der Waals surface area contributed by atoms with E-state index >= 15 is 0 Å². The fraction of sp³-hybridized carbons (Fsp3) is 0.560. The zero-order chi connectivity index (χ0) is 22.8. The molecule has 2 saturated heterocycles. The van der Waals surface area contributed by atoms with Crippen LogP contribution in [0.4, 0.5) is 17.1 Å². The largest absolute Gasteiger partial charge is 0.378 e. The van der Waals surface area contributed by atoms with Crippen LogP contribution in [0.2, 0.25) is 0 Å². The molecule has 1 saturated carbocycles. The molecule has 0 bridgehead atoms. The van der Waals surface area contributed by atoms with Gasteiger partial charge in [-0.2, -0.15) is 0 Å². The molecule has 8 heteroatoms. The maximum Gasteiger partial charge on any atom is 0.241 e. The zero-order valence-corrected chi connectivity index (χ0v) is 19.6. The van der Waals surface area contributed by atoms with Gasteiger partial charge in [-0.05, 0) is 56.3 Å². The molecule has 3 fully saturated rings. The van der Waals surface area contributed by atoms with Crippen molar-refractivity contribution in [2.45, 2.75) is 37.1 Å². The van der Waals surface area contributed by atoms with E-state index in [1.807, 2.05) is 37.3 Å². The van der Waals surface area contributed by atoms with Crippen LogP contribution in [-0.4, -0.2) is 68.9 Å². The number of nitrogens with one attached hydrogen (secondary N) is 2. The van der Waals surface area contributed by atoms with Gasteiger partial charge in [0.2, 0.25) is 5.91 Å². The van der Waals surface area contributed by atoms with Crippen molar-refractivity contribution in [1.82, 2.24) is 15.3 Å². The molecule has 0 aromatic carbocycles. The van der Waals surface area contributed by atoms with Gasteiger partial charge < -0.3 is 25.2 Å². The molecule has 1 atom stereocenters. The zero-order valence-electron chi connectivity index (χ0n) is 19.6. The number of nitrogens with zero attached hydrogens (tertiary/aromatic N) is 4. The molecule has 8 nitrogen and oxygen atoms in total. The Balaban J connectivity index is 1.26. The summed E-state index contributed by atoms with van der Waals surface area (Å²) in [5.41, 5.74) is 2.72. The smallest absolute Gasteiger partial charge is 0.241 e. The molecule has 1 aliphatic carbocycles. The van der Waals surface area contributed by atoms with Crippen LogP contribution in [-0.2, 0) is 14.9 Å². The van der Waals surface area contributed by atoms with Crippen molar-refractivity contribution in [2.75, 3.05) is 62.1 Å². The van der Waals surface area contributed by atoms with Gasteiger partial charge in [0.15, 0.2) is 0 Å². The lowest BCUT2D eigenvalue weighted by molar-refractivity contribution is -0.140. The summed E-state index contributed by atoms with van der Waals surface area (Å²) in [7, 11) is 3.89. The van der Waals surface area contributed by atoms with Crippen LogP contribution >= 0.6 is 0 Å². The number of hydrogen-bond donors (Lipinski definition) is 2. The van der Waals surface area contributed by atoms with Gasteiger partial charge in [-0.15, -0.1) is 0 Å². The first-order valence-electron chi connectivity index (χ1n) is 12.0. The molecule has 176 valence electrons. The van der Waals surface area contributed by atoms with E-state index in [1.54, 1.807) is 12.4 Å². The molecule has 0 radical (unpaired) electrons. The van der Waals surface area contributed by atoms with E-state index in [1.165, 1.54) is 25.7 Å². The van der Waals surface area contributed by atoms with E-state index in [9.17, 15) is 4.79 Å². The molecule has 5 rings (SSSR count). The standard InChI is InChI=1S/C25H34N6O2/c1-30(2)22-10-20(12-26-13-22)29-24(32)25(16-33-17-25)23-8-7-21(14-28-23)31-9-3-4-19(15-31)27-11-18-5-6-18/h7-8,10,12-14,18-19,27H,3-6,9,11,15-17H2,1-2H3,(H,29,32)/t19-/m1/s1. The predicted octanol–water partition coefficient (Wildman–Crippen LogP) is 2.42. The summed E-state index contributed by atoms with van der Waals surface area (Å²) in [6.07, 6.45) is 10.5. The molecular weight excluding hydrogens is 416 g/mol. The summed E-state index contributed by atoms with van der Waals surface area (Å²) in [6, 6.07) is 6.56. The number of aromatic nitrogens is 2. The molecular formula is C25H34N6O2. The highest BCUT2D eigenvalue weighted by atomic mass is 16.5. The summed E-state index contributed by atoms with van der Waals surface area (Å²) in [5, 5.41) is 6.77. The maximum absolute atomic E-state index is 13.3. The third-order valence-electron chi connectivity index (χ3n) is 7.05. The van der Waals surface area contributed by atoms with Crippen LogP contribution in [0, 0.1) is 5.92 Å². The first-order chi connectivity index (χ1) is 16.0. The number of amides is 1. The first-order valence-corrected chi connectivity index (χ1v) is 12.0. The minimum absolute atomic E-state index is 0.103. The Morgan fingerprint density at radius 1 is 1.21 bits per heavy atom. The van der Waals surface area contributed by atoms with Crippen LogP contribution in [0.3, 0.4) is 0 Å². The van der Waals surface area contributed by atoms with Crippen molar-refractivity contribution >= 4 is 23.0 Å². The van der Waals surface area contributed by atoms with E-state index in [-0.39, 0.29) is 5.91 Å². The van der Waals surface area contributed by atoms with Gasteiger partial charge in [0.25, 0.3) is 0 Å². The Morgan fingerprint density at radius 2 is 2.06 bits per heavy atom. The third-order valence-corrected chi connectivity index (χ3v) is 7.05. The van der Waals surface area contributed by atoms with Crippen molar-refractivity contribution in [3.05, 3.63) is 42.5 Å². The SMILES string of the molecule is CN(C)c1cncc(NC(=O)C2(c3ccc(N4CCC[C@@H](NCC5CC5)C4)cn3)COC2)c1. The van der Waals surface area contributed by atoms with E-state index in [0.717, 1.165) is 42.6 Å². The van der Waals surface area contributed by atoms with Crippen LogP contribution in [0.5, 0.6) is 0 Å². The Bertz CT molecular complexity index is 971. The second-order valence-corrected chi connectivity index (χ2v) is 9.89. The van der Waals surface area contributed by atoms with Crippen molar-refractivity contribution < 1.29 is 9.53 Å². The molecule has 3 aliphatic rings. The van der Waals surface area contributed by atoms with E-state index in [2.05, 4.69) is 26.6 Å². The summed E-state index contributed by atoms with van der Waals surface area (Å²) < 4.78 is 5.48. The van der Waals surface area contributed by atoms with Crippen LogP contribution < -0.4 is 20.4 Å². The van der Waals surface area contributed by atoms with Crippen molar-refractivity contribution in [3.8, 4) is 0 Å². The van der Waals surface area contributed by atoms with E-state index < -0.39 is 5.41 Å². The highest BCUT2D eigenvalue weighted by Gasteiger charge is 2.49. The number of rotatable bonds is 8. The molecule has 33 heavy (non-hydrogen) atoms. The lowest BCUT2D eigenvalue weighted by Crippen LogP contribution is -2.56. The number of carbonyl (C=O) groups excluding carboxylic acids is 1. The molecule has 1 amide bonds. The summed E-state index contributed by atoms with van der Waals surface area (Å²) in [5.74, 6) is 0.795. The molecule has 2 N–H and O–H groups in total. The minimum atomic E-state index is -0.761. The highest BCUT2D eigenvalue weighted by Crippen LogP contribution is 2.34. The molecule has 0 spiro atoms. The fourth-order valence-electron chi connectivity index (χ4n) is 4.58. The minimum Gasteiger partial charge on any atom is -0.378 e. The molecule has 2 aromatic heterocycles. The summed E-state index contributed by atoms with van der Waals surface area (Å²) in [4.78, 5) is 26.6. The quantitative estimate of drug-likeness (QED) is 0.639. The lowest BCUT2D eigenvalue weighted by Gasteiger charge is -2.39.